The molecule has 5 nitrogen and oxygen atoms in total. The topological polar surface area (TPSA) is 72.8 Å². The van der Waals surface area contributed by atoms with E-state index in [2.05, 4.69) is 0 Å². The fourth-order valence-electron chi connectivity index (χ4n) is 1.92. The van der Waals surface area contributed by atoms with Gasteiger partial charge in [-0.3, -0.25) is 4.79 Å². The van der Waals surface area contributed by atoms with Gasteiger partial charge in [-0.15, -0.1) is 0 Å². The molecule has 1 N–H and O–H groups in total. The third-order valence-electron chi connectivity index (χ3n) is 3.10. The Morgan fingerprint density at radius 2 is 1.87 bits per heavy atom. The molecule has 0 aliphatic rings. The Balaban J connectivity index is 3.09. The zero-order chi connectivity index (χ0) is 17.2. The summed E-state index contributed by atoms with van der Waals surface area (Å²) in [6.07, 6.45) is 3.89. The van der Waals surface area contributed by atoms with E-state index in [1.807, 2.05) is 13.8 Å². The molecule has 1 aromatic rings. The van der Waals surface area contributed by atoms with Gasteiger partial charge in [-0.05, 0) is 43.0 Å². The van der Waals surface area contributed by atoms with Crippen LogP contribution in [0.15, 0.2) is 23.8 Å². The molecule has 0 radical (unpaired) electrons. The molecule has 0 heterocycles. The van der Waals surface area contributed by atoms with E-state index < -0.39 is 5.97 Å². The van der Waals surface area contributed by atoms with Crippen LogP contribution in [0.1, 0.15) is 52.0 Å². The minimum atomic E-state index is -0.943. The summed E-state index contributed by atoms with van der Waals surface area (Å²) < 4.78 is 10.9. The van der Waals surface area contributed by atoms with Crippen LogP contribution < -0.4 is 9.47 Å². The van der Waals surface area contributed by atoms with Gasteiger partial charge in [0, 0.05) is 12.0 Å². The molecule has 0 aromatic heterocycles. The number of hydrogen-bond acceptors (Lipinski definition) is 4. The standard InChI is InChI=1S/C18H24O5/c1-4-7-17(19)23-15-9-8-13(11-14(6-3)18(20)21)12-16(15)22-10-5-2/h8-9,11-12H,4-7,10H2,1-3H3,(H,20,21). The highest BCUT2D eigenvalue weighted by molar-refractivity contribution is 5.92. The molecular weight excluding hydrogens is 296 g/mol. The average Bonchev–Trinajstić information content (AvgIpc) is 2.52. The fourth-order valence-corrected chi connectivity index (χ4v) is 1.92. The lowest BCUT2D eigenvalue weighted by Crippen LogP contribution is -2.08. The maximum atomic E-state index is 11.7. The molecule has 0 saturated heterocycles. The molecule has 0 fully saturated rings. The number of ether oxygens (including phenoxy) is 2. The van der Waals surface area contributed by atoms with Crippen molar-refractivity contribution in [2.45, 2.75) is 46.5 Å². The molecule has 0 saturated carbocycles. The molecule has 23 heavy (non-hydrogen) atoms. The largest absolute Gasteiger partial charge is 0.490 e. The van der Waals surface area contributed by atoms with Crippen LogP contribution in [0.5, 0.6) is 11.5 Å². The first-order valence-corrected chi connectivity index (χ1v) is 7.93. The van der Waals surface area contributed by atoms with Gasteiger partial charge in [-0.2, -0.15) is 0 Å². The third-order valence-corrected chi connectivity index (χ3v) is 3.10. The van der Waals surface area contributed by atoms with Gasteiger partial charge in [0.2, 0.25) is 0 Å². The highest BCUT2D eigenvalue weighted by atomic mass is 16.6. The Bertz CT molecular complexity index is 575. The number of esters is 1. The van der Waals surface area contributed by atoms with Gasteiger partial charge in [-0.25, -0.2) is 4.79 Å². The second-order valence-corrected chi connectivity index (χ2v) is 5.11. The summed E-state index contributed by atoms with van der Waals surface area (Å²) in [6.45, 7) is 6.16. The van der Waals surface area contributed by atoms with Crippen molar-refractivity contribution < 1.29 is 24.2 Å². The Kier molecular flexibility index (Phi) is 7.88. The number of benzene rings is 1. The van der Waals surface area contributed by atoms with Gasteiger partial charge in [-0.1, -0.05) is 26.8 Å². The number of carbonyl (C=O) groups excluding carboxylic acids is 1. The molecule has 5 heteroatoms. The van der Waals surface area contributed by atoms with Gasteiger partial charge < -0.3 is 14.6 Å². The fraction of sp³-hybridized carbons (Fsp3) is 0.444. The lowest BCUT2D eigenvalue weighted by atomic mass is 10.1. The number of carboxylic acid groups (broad SMARTS) is 1. The zero-order valence-electron chi connectivity index (χ0n) is 13.9. The molecule has 126 valence electrons. The lowest BCUT2D eigenvalue weighted by molar-refractivity contribution is -0.134. The molecular formula is C18H24O5. The Morgan fingerprint density at radius 3 is 2.43 bits per heavy atom. The Hall–Kier alpha value is -2.30. The smallest absolute Gasteiger partial charge is 0.331 e. The number of carboxylic acids is 1. The molecule has 0 atom stereocenters. The number of hydrogen-bond donors (Lipinski definition) is 1. The van der Waals surface area contributed by atoms with Crippen LogP contribution in [0.4, 0.5) is 0 Å². The maximum absolute atomic E-state index is 11.7. The van der Waals surface area contributed by atoms with Gasteiger partial charge in [0.1, 0.15) is 0 Å². The second kappa shape index (κ2) is 9.66. The monoisotopic (exact) mass is 320 g/mol. The van der Waals surface area contributed by atoms with Crippen molar-refractivity contribution in [1.29, 1.82) is 0 Å². The SMILES string of the molecule is CCCOc1cc(C=C(CC)C(=O)O)ccc1OC(=O)CCC. The van der Waals surface area contributed by atoms with Crippen molar-refractivity contribution in [1.82, 2.24) is 0 Å². The number of rotatable bonds is 9. The first kappa shape index (κ1) is 18.7. The van der Waals surface area contributed by atoms with Crippen LogP contribution in [0.25, 0.3) is 6.08 Å². The zero-order valence-corrected chi connectivity index (χ0v) is 13.9. The van der Waals surface area contributed by atoms with E-state index in [0.29, 0.717) is 48.5 Å². The first-order valence-electron chi connectivity index (χ1n) is 7.93. The van der Waals surface area contributed by atoms with Crippen LogP contribution in [0.2, 0.25) is 0 Å². The normalized spacial score (nSPS) is 11.2. The summed E-state index contributed by atoms with van der Waals surface area (Å²) in [5, 5.41) is 9.11. The molecule has 0 spiro atoms. The van der Waals surface area contributed by atoms with Gasteiger partial charge >= 0.3 is 11.9 Å². The van der Waals surface area contributed by atoms with Crippen molar-refractivity contribution in [2.24, 2.45) is 0 Å². The summed E-state index contributed by atoms with van der Waals surface area (Å²) in [5.41, 5.74) is 1.01. The van der Waals surface area contributed by atoms with E-state index in [1.165, 1.54) is 0 Å². The van der Waals surface area contributed by atoms with Crippen molar-refractivity contribution in [3.05, 3.63) is 29.3 Å². The Labute approximate surface area is 136 Å². The van der Waals surface area contributed by atoms with Crippen molar-refractivity contribution in [3.8, 4) is 11.5 Å². The van der Waals surface area contributed by atoms with E-state index in [1.54, 1.807) is 31.2 Å². The van der Waals surface area contributed by atoms with E-state index in [9.17, 15) is 9.59 Å². The summed E-state index contributed by atoms with van der Waals surface area (Å²) >= 11 is 0. The van der Waals surface area contributed by atoms with Gasteiger partial charge in [0.25, 0.3) is 0 Å². The number of carbonyl (C=O) groups is 2. The Morgan fingerprint density at radius 1 is 1.13 bits per heavy atom. The lowest BCUT2D eigenvalue weighted by Gasteiger charge is -2.12. The van der Waals surface area contributed by atoms with Crippen molar-refractivity contribution in [2.75, 3.05) is 6.61 Å². The van der Waals surface area contributed by atoms with E-state index >= 15 is 0 Å². The van der Waals surface area contributed by atoms with Crippen LogP contribution >= 0.6 is 0 Å². The van der Waals surface area contributed by atoms with Crippen LogP contribution in [-0.4, -0.2) is 23.7 Å². The molecule has 1 rings (SSSR count). The molecule has 0 amide bonds. The predicted molar refractivity (Wildman–Crippen MR) is 88.7 cm³/mol. The summed E-state index contributed by atoms with van der Waals surface area (Å²) in [5.74, 6) is -0.438. The van der Waals surface area contributed by atoms with Crippen molar-refractivity contribution in [3.63, 3.8) is 0 Å². The highest BCUT2D eigenvalue weighted by Gasteiger charge is 2.12. The van der Waals surface area contributed by atoms with Gasteiger partial charge in [0.05, 0.1) is 6.61 Å². The maximum Gasteiger partial charge on any atom is 0.331 e. The molecule has 1 aromatic carbocycles. The summed E-state index contributed by atoms with van der Waals surface area (Å²) in [7, 11) is 0. The molecule has 0 bridgehead atoms. The van der Waals surface area contributed by atoms with Gasteiger partial charge in [0.15, 0.2) is 11.5 Å². The van der Waals surface area contributed by atoms with Crippen molar-refractivity contribution >= 4 is 18.0 Å². The van der Waals surface area contributed by atoms with Crippen LogP contribution in [0, 0.1) is 0 Å². The minimum Gasteiger partial charge on any atom is -0.490 e. The molecule has 0 aliphatic heterocycles. The highest BCUT2D eigenvalue weighted by Crippen LogP contribution is 2.30. The minimum absolute atomic E-state index is 0.308. The predicted octanol–water partition coefficient (Wildman–Crippen LogP) is 4.06. The third kappa shape index (κ3) is 6.14. The number of aliphatic carboxylic acids is 1. The summed E-state index contributed by atoms with van der Waals surface area (Å²) in [6, 6.07) is 5.05. The quantitative estimate of drug-likeness (QED) is 0.422. The molecule has 0 unspecified atom stereocenters. The van der Waals surface area contributed by atoms with Crippen LogP contribution in [0.3, 0.4) is 0 Å². The van der Waals surface area contributed by atoms with Crippen LogP contribution in [-0.2, 0) is 9.59 Å². The van der Waals surface area contributed by atoms with E-state index in [-0.39, 0.29) is 5.97 Å². The van der Waals surface area contributed by atoms with E-state index in [4.69, 9.17) is 14.6 Å². The average molecular weight is 320 g/mol. The first-order chi connectivity index (χ1) is 11.0. The molecule has 0 aliphatic carbocycles. The second-order valence-electron chi connectivity index (χ2n) is 5.11. The summed E-state index contributed by atoms with van der Waals surface area (Å²) in [4.78, 5) is 22.8. The van der Waals surface area contributed by atoms with E-state index in [0.717, 1.165) is 6.42 Å².